The second-order valence-corrected chi connectivity index (χ2v) is 8.16. The van der Waals surface area contributed by atoms with E-state index < -0.39 is 15.8 Å². The lowest BCUT2D eigenvalue weighted by Crippen LogP contribution is -2.22. The van der Waals surface area contributed by atoms with E-state index in [0.717, 1.165) is 25.9 Å². The third kappa shape index (κ3) is 4.45. The summed E-state index contributed by atoms with van der Waals surface area (Å²) in [4.78, 5) is 1.77. The van der Waals surface area contributed by atoms with Gasteiger partial charge in [-0.25, -0.2) is 12.8 Å². The molecular formula is C18H20ClFN2O4S. The zero-order chi connectivity index (χ0) is 19.4. The molecule has 1 heterocycles. The van der Waals surface area contributed by atoms with Crippen LogP contribution in [0.4, 0.5) is 15.8 Å². The van der Waals surface area contributed by atoms with Crippen LogP contribution in [-0.2, 0) is 14.8 Å². The lowest BCUT2D eigenvalue weighted by atomic mass is 10.2. The van der Waals surface area contributed by atoms with Crippen molar-refractivity contribution in [1.82, 2.24) is 0 Å². The summed E-state index contributed by atoms with van der Waals surface area (Å²) in [5.41, 5.74) is 0.425. The van der Waals surface area contributed by atoms with E-state index in [1.807, 2.05) is 4.90 Å². The van der Waals surface area contributed by atoms with Gasteiger partial charge >= 0.3 is 0 Å². The molecule has 0 aliphatic carbocycles. The van der Waals surface area contributed by atoms with E-state index in [2.05, 4.69) is 4.72 Å². The number of hydrogen-bond donors (Lipinski definition) is 1. The summed E-state index contributed by atoms with van der Waals surface area (Å²) in [5, 5.41) is 0.216. The van der Waals surface area contributed by atoms with E-state index in [-0.39, 0.29) is 28.1 Å². The van der Waals surface area contributed by atoms with Crippen molar-refractivity contribution in [3.63, 3.8) is 0 Å². The number of sulfonamides is 1. The highest BCUT2D eigenvalue weighted by molar-refractivity contribution is 7.92. The van der Waals surface area contributed by atoms with Gasteiger partial charge in [-0.3, -0.25) is 4.72 Å². The lowest BCUT2D eigenvalue weighted by molar-refractivity contribution is 0.0490. The molecule has 1 fully saturated rings. The van der Waals surface area contributed by atoms with Crippen molar-refractivity contribution in [3.8, 4) is 5.75 Å². The molecule has 146 valence electrons. The van der Waals surface area contributed by atoms with Crippen LogP contribution >= 0.6 is 11.6 Å². The number of rotatable bonds is 7. The molecule has 0 amide bonds. The fourth-order valence-corrected chi connectivity index (χ4v) is 4.45. The molecule has 6 nitrogen and oxygen atoms in total. The van der Waals surface area contributed by atoms with Gasteiger partial charge in [-0.1, -0.05) is 17.7 Å². The van der Waals surface area contributed by atoms with Gasteiger partial charge < -0.3 is 14.4 Å². The third-order valence-electron chi connectivity index (χ3n) is 4.20. The first kappa shape index (κ1) is 19.7. The first-order chi connectivity index (χ1) is 12.9. The fraction of sp³-hybridized carbons (Fsp3) is 0.333. The van der Waals surface area contributed by atoms with E-state index in [1.54, 1.807) is 12.1 Å². The quantitative estimate of drug-likeness (QED) is 0.697. The van der Waals surface area contributed by atoms with Crippen molar-refractivity contribution in [2.75, 3.05) is 36.6 Å². The summed E-state index contributed by atoms with van der Waals surface area (Å²) in [6, 6.07) is 8.67. The molecule has 1 N–H and O–H groups in total. The van der Waals surface area contributed by atoms with Gasteiger partial charge in [0.2, 0.25) is 0 Å². The normalized spacial score (nSPS) is 14.4. The monoisotopic (exact) mass is 414 g/mol. The van der Waals surface area contributed by atoms with Crippen LogP contribution in [0.5, 0.6) is 5.75 Å². The van der Waals surface area contributed by atoms with Gasteiger partial charge in [0.15, 0.2) is 6.79 Å². The molecule has 0 aromatic heterocycles. The van der Waals surface area contributed by atoms with E-state index >= 15 is 0 Å². The summed E-state index contributed by atoms with van der Waals surface area (Å²) in [5.74, 6) is -0.586. The highest BCUT2D eigenvalue weighted by Crippen LogP contribution is 2.35. The number of hydrogen-bond acceptors (Lipinski definition) is 5. The maximum Gasteiger partial charge on any atom is 0.265 e. The molecule has 27 heavy (non-hydrogen) atoms. The number of methoxy groups -OCH3 is 1. The fourth-order valence-electron chi connectivity index (χ4n) is 2.96. The SMILES string of the molecule is COCOc1ccc(Cl)cc1S(=O)(=O)Nc1c(F)cccc1N1CCCC1. The Morgan fingerprint density at radius 2 is 1.96 bits per heavy atom. The van der Waals surface area contributed by atoms with Crippen LogP contribution in [0.2, 0.25) is 5.02 Å². The standard InChI is InChI=1S/C18H20ClFN2O4S/c1-25-12-26-16-8-7-13(19)11-17(16)27(23,24)21-18-14(20)5-4-6-15(18)22-9-2-3-10-22/h4-8,11,21H,2-3,9-10,12H2,1H3. The lowest BCUT2D eigenvalue weighted by Gasteiger charge is -2.22. The molecule has 0 unspecified atom stereocenters. The molecule has 2 aromatic carbocycles. The minimum Gasteiger partial charge on any atom is -0.466 e. The number of nitrogens with zero attached hydrogens (tertiary/aromatic N) is 1. The Kier molecular flexibility index (Phi) is 6.08. The zero-order valence-corrected chi connectivity index (χ0v) is 16.3. The highest BCUT2D eigenvalue weighted by Gasteiger charge is 2.25. The van der Waals surface area contributed by atoms with Gasteiger partial charge in [-0.05, 0) is 43.2 Å². The van der Waals surface area contributed by atoms with Crippen molar-refractivity contribution in [2.45, 2.75) is 17.7 Å². The van der Waals surface area contributed by atoms with Crippen LogP contribution in [0.15, 0.2) is 41.3 Å². The summed E-state index contributed by atoms with van der Waals surface area (Å²) in [7, 11) is -2.73. The van der Waals surface area contributed by atoms with Crippen LogP contribution in [0, 0.1) is 5.82 Å². The third-order valence-corrected chi connectivity index (χ3v) is 5.81. The van der Waals surface area contributed by atoms with Gasteiger partial charge in [-0.2, -0.15) is 0 Å². The maximum absolute atomic E-state index is 14.5. The van der Waals surface area contributed by atoms with Gasteiger partial charge in [-0.15, -0.1) is 0 Å². The molecule has 0 radical (unpaired) electrons. The minimum atomic E-state index is -4.15. The van der Waals surface area contributed by atoms with E-state index in [9.17, 15) is 12.8 Å². The largest absolute Gasteiger partial charge is 0.466 e. The Hall–Kier alpha value is -2.03. The van der Waals surface area contributed by atoms with Crippen molar-refractivity contribution in [3.05, 3.63) is 47.2 Å². The highest BCUT2D eigenvalue weighted by atomic mass is 35.5. The number of ether oxygens (including phenoxy) is 2. The predicted octanol–water partition coefficient (Wildman–Crippen LogP) is 3.86. The Bertz CT molecular complexity index is 918. The average Bonchev–Trinajstić information content (AvgIpc) is 3.16. The molecule has 1 aliphatic heterocycles. The number of anilines is 2. The second kappa shape index (κ2) is 8.33. The predicted molar refractivity (Wildman–Crippen MR) is 103 cm³/mol. The number of para-hydroxylation sites is 1. The molecular weight excluding hydrogens is 395 g/mol. The summed E-state index contributed by atoms with van der Waals surface area (Å²) in [6.45, 7) is 1.36. The van der Waals surface area contributed by atoms with Crippen LogP contribution in [0.25, 0.3) is 0 Å². The van der Waals surface area contributed by atoms with Crippen molar-refractivity contribution in [2.24, 2.45) is 0 Å². The van der Waals surface area contributed by atoms with E-state index in [4.69, 9.17) is 21.1 Å². The molecule has 2 aromatic rings. The first-order valence-electron chi connectivity index (χ1n) is 8.40. The van der Waals surface area contributed by atoms with E-state index in [1.165, 1.54) is 31.4 Å². The Labute approximate surface area is 162 Å². The van der Waals surface area contributed by atoms with Crippen LogP contribution < -0.4 is 14.4 Å². The first-order valence-corrected chi connectivity index (χ1v) is 10.3. The number of nitrogens with one attached hydrogen (secondary N) is 1. The number of benzene rings is 2. The molecule has 0 atom stereocenters. The summed E-state index contributed by atoms with van der Waals surface area (Å²) in [6.07, 6.45) is 1.96. The van der Waals surface area contributed by atoms with Crippen LogP contribution in [-0.4, -0.2) is 35.4 Å². The molecule has 3 rings (SSSR count). The average molecular weight is 415 g/mol. The van der Waals surface area contributed by atoms with Crippen molar-refractivity contribution in [1.29, 1.82) is 0 Å². The Morgan fingerprint density at radius 3 is 2.67 bits per heavy atom. The van der Waals surface area contributed by atoms with Crippen LogP contribution in [0.1, 0.15) is 12.8 Å². The summed E-state index contributed by atoms with van der Waals surface area (Å²) >= 11 is 5.96. The molecule has 9 heteroatoms. The topological polar surface area (TPSA) is 67.9 Å². The smallest absolute Gasteiger partial charge is 0.265 e. The molecule has 1 saturated heterocycles. The molecule has 1 aliphatic rings. The maximum atomic E-state index is 14.5. The zero-order valence-electron chi connectivity index (χ0n) is 14.7. The number of halogens is 2. The van der Waals surface area contributed by atoms with Gasteiger partial charge in [0.05, 0.1) is 5.69 Å². The van der Waals surface area contributed by atoms with Gasteiger partial charge in [0, 0.05) is 25.2 Å². The van der Waals surface area contributed by atoms with Crippen LogP contribution in [0.3, 0.4) is 0 Å². The molecule has 0 saturated carbocycles. The summed E-state index contributed by atoms with van der Waals surface area (Å²) < 4.78 is 53.0. The second-order valence-electron chi connectivity index (χ2n) is 6.08. The van der Waals surface area contributed by atoms with Crippen molar-refractivity contribution >= 4 is 33.0 Å². The molecule has 0 spiro atoms. The Morgan fingerprint density at radius 1 is 1.22 bits per heavy atom. The minimum absolute atomic E-state index is 0.0628. The van der Waals surface area contributed by atoms with Crippen molar-refractivity contribution < 1.29 is 22.3 Å². The molecule has 0 bridgehead atoms. The van der Waals surface area contributed by atoms with Gasteiger partial charge in [0.25, 0.3) is 10.0 Å². The van der Waals surface area contributed by atoms with E-state index in [0.29, 0.717) is 5.69 Å². The Balaban J connectivity index is 2.00. The van der Waals surface area contributed by atoms with Gasteiger partial charge in [0.1, 0.15) is 22.1 Å².